The molecule has 0 saturated heterocycles. The summed E-state index contributed by atoms with van der Waals surface area (Å²) in [7, 11) is 0. The number of unbranched alkanes of at least 4 members (excludes halogenated alkanes) is 1. The second-order valence-corrected chi connectivity index (χ2v) is 3.74. The highest BCUT2D eigenvalue weighted by atomic mass is 16.5. The van der Waals surface area contributed by atoms with Gasteiger partial charge in [0.2, 0.25) is 0 Å². The second-order valence-electron chi connectivity index (χ2n) is 3.74. The van der Waals surface area contributed by atoms with Crippen LogP contribution in [0.4, 0.5) is 0 Å². The normalized spacial score (nSPS) is 10.3. The van der Waals surface area contributed by atoms with Crippen molar-refractivity contribution in [3.8, 4) is 5.75 Å². The fraction of sp³-hybridized carbons (Fsp3) is 0.538. The molecule has 0 fully saturated rings. The van der Waals surface area contributed by atoms with Crippen LogP contribution >= 0.6 is 0 Å². The summed E-state index contributed by atoms with van der Waals surface area (Å²) in [6, 6.07) is 8.38. The molecule has 0 aliphatic carbocycles. The molecule has 1 aromatic rings. The standard InChI is InChI=1S/C13H21NO/c1-2-5-12-6-8-13(9-7-12)15-11-4-3-10-14/h6-9H,2-5,10-11,14H2,1H3. The van der Waals surface area contributed by atoms with Crippen LogP contribution in [-0.2, 0) is 6.42 Å². The van der Waals surface area contributed by atoms with Gasteiger partial charge < -0.3 is 10.5 Å². The highest BCUT2D eigenvalue weighted by Gasteiger charge is 1.94. The lowest BCUT2D eigenvalue weighted by Crippen LogP contribution is -2.03. The summed E-state index contributed by atoms with van der Waals surface area (Å²) >= 11 is 0. The number of hydrogen-bond acceptors (Lipinski definition) is 2. The van der Waals surface area contributed by atoms with Crippen molar-refractivity contribution in [1.29, 1.82) is 0 Å². The number of hydrogen-bond donors (Lipinski definition) is 1. The van der Waals surface area contributed by atoms with Gasteiger partial charge in [-0.3, -0.25) is 0 Å². The second kappa shape index (κ2) is 7.30. The Morgan fingerprint density at radius 2 is 1.87 bits per heavy atom. The Bertz CT molecular complexity index is 256. The molecule has 2 N–H and O–H groups in total. The maximum Gasteiger partial charge on any atom is 0.119 e. The Kier molecular flexibility index (Phi) is 5.86. The third-order valence-electron chi connectivity index (χ3n) is 2.33. The van der Waals surface area contributed by atoms with Crippen molar-refractivity contribution in [2.24, 2.45) is 5.73 Å². The molecule has 0 saturated carbocycles. The minimum Gasteiger partial charge on any atom is -0.494 e. The van der Waals surface area contributed by atoms with Crippen molar-refractivity contribution in [3.05, 3.63) is 29.8 Å². The van der Waals surface area contributed by atoms with Crippen molar-refractivity contribution < 1.29 is 4.74 Å². The molecule has 0 unspecified atom stereocenters. The van der Waals surface area contributed by atoms with Gasteiger partial charge in [-0.15, -0.1) is 0 Å². The molecular formula is C13H21NO. The zero-order valence-corrected chi connectivity index (χ0v) is 9.54. The van der Waals surface area contributed by atoms with Crippen LogP contribution in [0.25, 0.3) is 0 Å². The smallest absolute Gasteiger partial charge is 0.119 e. The van der Waals surface area contributed by atoms with Crippen LogP contribution in [0.15, 0.2) is 24.3 Å². The molecule has 84 valence electrons. The molecule has 1 aromatic carbocycles. The molecule has 15 heavy (non-hydrogen) atoms. The lowest BCUT2D eigenvalue weighted by atomic mass is 10.1. The van der Waals surface area contributed by atoms with Crippen molar-refractivity contribution in [1.82, 2.24) is 0 Å². The van der Waals surface area contributed by atoms with E-state index in [0.717, 1.165) is 38.2 Å². The monoisotopic (exact) mass is 207 g/mol. The van der Waals surface area contributed by atoms with Crippen LogP contribution in [0.2, 0.25) is 0 Å². The van der Waals surface area contributed by atoms with E-state index in [9.17, 15) is 0 Å². The summed E-state index contributed by atoms with van der Waals surface area (Å²) in [6.07, 6.45) is 4.41. The Labute approximate surface area is 92.4 Å². The fourth-order valence-electron chi connectivity index (χ4n) is 1.48. The SMILES string of the molecule is CCCc1ccc(OCCCCN)cc1. The summed E-state index contributed by atoms with van der Waals surface area (Å²) in [4.78, 5) is 0. The van der Waals surface area contributed by atoms with Crippen LogP contribution in [-0.4, -0.2) is 13.2 Å². The first-order valence-corrected chi connectivity index (χ1v) is 5.78. The minimum atomic E-state index is 0.749. The predicted octanol–water partition coefficient (Wildman–Crippen LogP) is 2.76. The molecule has 0 spiro atoms. The Balaban J connectivity index is 2.29. The average Bonchev–Trinajstić information content (AvgIpc) is 2.27. The van der Waals surface area contributed by atoms with Gasteiger partial charge in [0, 0.05) is 0 Å². The van der Waals surface area contributed by atoms with Crippen molar-refractivity contribution >= 4 is 0 Å². The van der Waals surface area contributed by atoms with Crippen LogP contribution in [0.1, 0.15) is 31.7 Å². The summed E-state index contributed by atoms with van der Waals surface area (Å²) in [5.74, 6) is 0.965. The van der Waals surface area contributed by atoms with E-state index in [0.29, 0.717) is 0 Å². The van der Waals surface area contributed by atoms with Gasteiger partial charge in [-0.05, 0) is 43.5 Å². The van der Waals surface area contributed by atoms with Crippen molar-refractivity contribution in [3.63, 3.8) is 0 Å². The maximum absolute atomic E-state index is 5.59. The van der Waals surface area contributed by atoms with Gasteiger partial charge in [0.15, 0.2) is 0 Å². The quantitative estimate of drug-likeness (QED) is 0.698. The molecule has 1 rings (SSSR count). The Hall–Kier alpha value is -1.02. The first-order chi connectivity index (χ1) is 7.36. The summed E-state index contributed by atoms with van der Waals surface area (Å²) in [5.41, 5.74) is 6.79. The van der Waals surface area contributed by atoms with Crippen molar-refractivity contribution in [2.75, 3.05) is 13.2 Å². The molecule has 0 aliphatic heterocycles. The number of benzene rings is 1. The molecule has 2 nitrogen and oxygen atoms in total. The van der Waals surface area contributed by atoms with Gasteiger partial charge in [-0.2, -0.15) is 0 Å². The first-order valence-electron chi connectivity index (χ1n) is 5.78. The van der Waals surface area contributed by atoms with E-state index in [1.807, 2.05) is 12.1 Å². The van der Waals surface area contributed by atoms with Gasteiger partial charge >= 0.3 is 0 Å². The van der Waals surface area contributed by atoms with E-state index in [1.54, 1.807) is 0 Å². The van der Waals surface area contributed by atoms with E-state index >= 15 is 0 Å². The molecule has 0 aliphatic rings. The number of rotatable bonds is 7. The first kappa shape index (κ1) is 12.1. The van der Waals surface area contributed by atoms with E-state index in [1.165, 1.54) is 12.0 Å². The highest BCUT2D eigenvalue weighted by Crippen LogP contribution is 2.13. The fourth-order valence-corrected chi connectivity index (χ4v) is 1.48. The van der Waals surface area contributed by atoms with Crippen LogP contribution < -0.4 is 10.5 Å². The zero-order valence-electron chi connectivity index (χ0n) is 9.54. The molecule has 0 heterocycles. The zero-order chi connectivity index (χ0) is 10.9. The van der Waals surface area contributed by atoms with Gasteiger partial charge in [0.05, 0.1) is 6.61 Å². The summed E-state index contributed by atoms with van der Waals surface area (Å²) in [5, 5.41) is 0. The average molecular weight is 207 g/mol. The lowest BCUT2D eigenvalue weighted by molar-refractivity contribution is 0.308. The summed E-state index contributed by atoms with van der Waals surface area (Å²) < 4.78 is 5.59. The van der Waals surface area contributed by atoms with E-state index in [4.69, 9.17) is 10.5 Å². The molecule has 0 aromatic heterocycles. The minimum absolute atomic E-state index is 0.749. The maximum atomic E-state index is 5.59. The van der Waals surface area contributed by atoms with Gasteiger partial charge in [-0.25, -0.2) is 0 Å². The number of nitrogens with two attached hydrogens (primary N) is 1. The highest BCUT2D eigenvalue weighted by molar-refractivity contribution is 5.27. The third kappa shape index (κ3) is 4.84. The van der Waals surface area contributed by atoms with Gasteiger partial charge in [0.1, 0.15) is 5.75 Å². The number of ether oxygens (including phenoxy) is 1. The molecule has 0 bridgehead atoms. The lowest BCUT2D eigenvalue weighted by Gasteiger charge is -2.06. The Morgan fingerprint density at radius 1 is 1.13 bits per heavy atom. The predicted molar refractivity (Wildman–Crippen MR) is 64.2 cm³/mol. The molecule has 2 heteroatoms. The van der Waals surface area contributed by atoms with Gasteiger partial charge in [-0.1, -0.05) is 25.5 Å². The van der Waals surface area contributed by atoms with Gasteiger partial charge in [0.25, 0.3) is 0 Å². The molecule has 0 atom stereocenters. The molecule has 0 radical (unpaired) electrons. The largest absolute Gasteiger partial charge is 0.494 e. The third-order valence-corrected chi connectivity index (χ3v) is 2.33. The summed E-state index contributed by atoms with van der Waals surface area (Å²) in [6.45, 7) is 3.71. The van der Waals surface area contributed by atoms with Crippen molar-refractivity contribution in [2.45, 2.75) is 32.6 Å². The molecule has 0 amide bonds. The Morgan fingerprint density at radius 3 is 2.47 bits per heavy atom. The topological polar surface area (TPSA) is 35.2 Å². The van der Waals surface area contributed by atoms with Crippen LogP contribution in [0.5, 0.6) is 5.75 Å². The van der Waals surface area contributed by atoms with Crippen LogP contribution in [0, 0.1) is 0 Å². The number of aryl methyl sites for hydroxylation is 1. The molecular weight excluding hydrogens is 186 g/mol. The van der Waals surface area contributed by atoms with E-state index in [-0.39, 0.29) is 0 Å². The van der Waals surface area contributed by atoms with Crippen LogP contribution in [0.3, 0.4) is 0 Å². The van der Waals surface area contributed by atoms with E-state index < -0.39 is 0 Å². The van der Waals surface area contributed by atoms with E-state index in [2.05, 4.69) is 19.1 Å².